The van der Waals surface area contributed by atoms with Crippen LogP contribution in [0.4, 0.5) is 11.6 Å². The van der Waals surface area contributed by atoms with Gasteiger partial charge in [0.1, 0.15) is 0 Å². The number of carbonyl (C=O) groups is 1. The molecule has 0 aliphatic carbocycles. The summed E-state index contributed by atoms with van der Waals surface area (Å²) in [6, 6.07) is 8.45. The van der Waals surface area contributed by atoms with Gasteiger partial charge >= 0.3 is 0 Å². The maximum Gasteiger partial charge on any atom is 0.223 e. The van der Waals surface area contributed by atoms with Gasteiger partial charge in [-0.25, -0.2) is 0 Å². The normalized spacial score (nSPS) is 19.2. The molecule has 2 aromatic rings. The molecule has 1 N–H and O–H groups in total. The Balaban J connectivity index is 1.30. The molecule has 2 aromatic heterocycles. The standard InChI is InChI=1S/C23H33N5OS/c1-17(2)22(19-7-6-16-30-19)24-23(29)18-10-14-28(15-11-18)21-9-8-20(25-26-21)27-12-4-3-5-13-27/h6-9,16-18,22H,3-5,10-15H2,1-2H3,(H,24,29)/t22-/m1/s1. The van der Waals surface area contributed by atoms with E-state index in [4.69, 9.17) is 0 Å². The van der Waals surface area contributed by atoms with Crippen LogP contribution in [-0.2, 0) is 4.79 Å². The van der Waals surface area contributed by atoms with Crippen molar-refractivity contribution < 1.29 is 4.79 Å². The lowest BCUT2D eigenvalue weighted by molar-refractivity contribution is -0.126. The van der Waals surface area contributed by atoms with Gasteiger partial charge < -0.3 is 15.1 Å². The summed E-state index contributed by atoms with van der Waals surface area (Å²) in [5.41, 5.74) is 0. The Morgan fingerprint density at radius 1 is 1.00 bits per heavy atom. The Kier molecular flexibility index (Phi) is 6.87. The summed E-state index contributed by atoms with van der Waals surface area (Å²) in [5, 5.41) is 14.3. The molecule has 4 heterocycles. The predicted molar refractivity (Wildman–Crippen MR) is 123 cm³/mol. The number of hydrogen-bond acceptors (Lipinski definition) is 6. The minimum absolute atomic E-state index is 0.0723. The first-order valence-corrected chi connectivity index (χ1v) is 12.2. The van der Waals surface area contributed by atoms with Crippen LogP contribution in [-0.4, -0.2) is 42.3 Å². The van der Waals surface area contributed by atoms with Gasteiger partial charge in [0.15, 0.2) is 11.6 Å². The molecule has 6 nitrogen and oxygen atoms in total. The van der Waals surface area contributed by atoms with Crippen molar-refractivity contribution in [1.82, 2.24) is 15.5 Å². The molecule has 2 aliphatic rings. The highest BCUT2D eigenvalue weighted by Crippen LogP contribution is 2.28. The largest absolute Gasteiger partial charge is 0.355 e. The number of piperidine rings is 2. The average Bonchev–Trinajstić information content (AvgIpc) is 3.32. The number of carbonyl (C=O) groups excluding carboxylic acids is 1. The van der Waals surface area contributed by atoms with Gasteiger partial charge in [-0.1, -0.05) is 19.9 Å². The molecule has 0 bridgehead atoms. The monoisotopic (exact) mass is 427 g/mol. The van der Waals surface area contributed by atoms with Crippen LogP contribution in [0.2, 0.25) is 0 Å². The number of nitrogens with one attached hydrogen (secondary N) is 1. The zero-order valence-electron chi connectivity index (χ0n) is 18.1. The summed E-state index contributed by atoms with van der Waals surface area (Å²) >= 11 is 1.72. The summed E-state index contributed by atoms with van der Waals surface area (Å²) in [5.74, 6) is 2.55. The highest BCUT2D eigenvalue weighted by molar-refractivity contribution is 7.10. The molecule has 1 atom stereocenters. The third-order valence-electron chi connectivity index (χ3n) is 6.32. The van der Waals surface area contributed by atoms with E-state index in [0.29, 0.717) is 5.92 Å². The summed E-state index contributed by atoms with van der Waals surface area (Å²) in [6.07, 6.45) is 5.51. The fraction of sp³-hybridized carbons (Fsp3) is 0.609. The summed E-state index contributed by atoms with van der Waals surface area (Å²) < 4.78 is 0. The third-order valence-corrected chi connectivity index (χ3v) is 7.28. The van der Waals surface area contributed by atoms with E-state index in [1.165, 1.54) is 24.1 Å². The van der Waals surface area contributed by atoms with E-state index in [2.05, 4.69) is 68.8 Å². The van der Waals surface area contributed by atoms with Crippen LogP contribution >= 0.6 is 11.3 Å². The van der Waals surface area contributed by atoms with E-state index in [0.717, 1.165) is 50.7 Å². The van der Waals surface area contributed by atoms with Gasteiger partial charge in [-0.05, 0) is 61.6 Å². The lowest BCUT2D eigenvalue weighted by atomic mass is 9.94. The Bertz CT molecular complexity index is 794. The van der Waals surface area contributed by atoms with Gasteiger partial charge in [0.05, 0.1) is 6.04 Å². The van der Waals surface area contributed by atoms with E-state index >= 15 is 0 Å². The number of rotatable bonds is 6. The molecule has 2 saturated heterocycles. The highest BCUT2D eigenvalue weighted by atomic mass is 32.1. The van der Waals surface area contributed by atoms with E-state index in [1.54, 1.807) is 11.3 Å². The van der Waals surface area contributed by atoms with Crippen LogP contribution in [0.25, 0.3) is 0 Å². The van der Waals surface area contributed by atoms with Crippen molar-refractivity contribution in [1.29, 1.82) is 0 Å². The lowest BCUT2D eigenvalue weighted by Gasteiger charge is -2.33. The molecule has 0 saturated carbocycles. The zero-order valence-corrected chi connectivity index (χ0v) is 18.9. The molecule has 162 valence electrons. The summed E-state index contributed by atoms with van der Waals surface area (Å²) in [4.78, 5) is 18.7. The third kappa shape index (κ3) is 4.94. The van der Waals surface area contributed by atoms with Gasteiger partial charge in [0.25, 0.3) is 0 Å². The number of amides is 1. The van der Waals surface area contributed by atoms with Crippen molar-refractivity contribution >= 4 is 28.9 Å². The zero-order chi connectivity index (χ0) is 20.9. The van der Waals surface area contributed by atoms with Crippen molar-refractivity contribution in [2.24, 2.45) is 11.8 Å². The molecular formula is C23H33N5OS. The van der Waals surface area contributed by atoms with Crippen LogP contribution in [0.5, 0.6) is 0 Å². The van der Waals surface area contributed by atoms with Crippen molar-refractivity contribution in [3.63, 3.8) is 0 Å². The van der Waals surface area contributed by atoms with Crippen molar-refractivity contribution in [3.8, 4) is 0 Å². The molecule has 2 aliphatic heterocycles. The highest BCUT2D eigenvalue weighted by Gasteiger charge is 2.29. The average molecular weight is 428 g/mol. The van der Waals surface area contributed by atoms with Crippen LogP contribution in [0, 0.1) is 11.8 Å². The van der Waals surface area contributed by atoms with Crippen molar-refractivity contribution in [2.45, 2.75) is 52.0 Å². The topological polar surface area (TPSA) is 61.4 Å². The minimum atomic E-state index is 0.0723. The van der Waals surface area contributed by atoms with E-state index in [9.17, 15) is 4.79 Å². The quantitative estimate of drug-likeness (QED) is 0.746. The summed E-state index contributed by atoms with van der Waals surface area (Å²) in [6.45, 7) is 8.19. The van der Waals surface area contributed by atoms with Gasteiger partial charge in [-0.15, -0.1) is 21.5 Å². The fourth-order valence-electron chi connectivity index (χ4n) is 4.45. The Labute approximate surface area is 183 Å². The Morgan fingerprint density at radius 3 is 2.17 bits per heavy atom. The number of thiophene rings is 1. The van der Waals surface area contributed by atoms with Crippen molar-refractivity contribution in [2.75, 3.05) is 36.0 Å². The molecule has 7 heteroatoms. The molecule has 0 spiro atoms. The maximum atomic E-state index is 12.9. The fourth-order valence-corrected chi connectivity index (χ4v) is 5.40. The smallest absolute Gasteiger partial charge is 0.223 e. The molecule has 0 radical (unpaired) electrons. The molecule has 2 fully saturated rings. The molecule has 0 unspecified atom stereocenters. The van der Waals surface area contributed by atoms with Gasteiger partial charge in [0.2, 0.25) is 5.91 Å². The van der Waals surface area contributed by atoms with Gasteiger partial charge in [0, 0.05) is 37.0 Å². The van der Waals surface area contributed by atoms with Gasteiger partial charge in [-0.2, -0.15) is 0 Å². The van der Waals surface area contributed by atoms with E-state index in [-0.39, 0.29) is 17.9 Å². The van der Waals surface area contributed by atoms with Crippen LogP contribution in [0.1, 0.15) is 56.9 Å². The molecule has 0 aromatic carbocycles. The van der Waals surface area contributed by atoms with Gasteiger partial charge in [-0.3, -0.25) is 4.79 Å². The maximum absolute atomic E-state index is 12.9. The first kappa shape index (κ1) is 21.1. The minimum Gasteiger partial charge on any atom is -0.355 e. The number of aromatic nitrogens is 2. The lowest BCUT2D eigenvalue weighted by Crippen LogP contribution is -2.42. The molecule has 4 rings (SSSR count). The second-order valence-electron chi connectivity index (χ2n) is 8.80. The Morgan fingerprint density at radius 2 is 1.63 bits per heavy atom. The SMILES string of the molecule is CC(C)[C@@H](NC(=O)C1CCN(c2ccc(N3CCCCC3)nn2)CC1)c1cccs1. The number of anilines is 2. The number of hydrogen-bond donors (Lipinski definition) is 1. The molecule has 1 amide bonds. The molecule has 30 heavy (non-hydrogen) atoms. The van der Waals surface area contributed by atoms with E-state index < -0.39 is 0 Å². The molecular weight excluding hydrogens is 394 g/mol. The summed E-state index contributed by atoms with van der Waals surface area (Å²) in [7, 11) is 0. The Hall–Kier alpha value is -2.15. The number of nitrogens with zero attached hydrogens (tertiary/aromatic N) is 4. The second-order valence-corrected chi connectivity index (χ2v) is 9.78. The van der Waals surface area contributed by atoms with Crippen LogP contribution < -0.4 is 15.1 Å². The predicted octanol–water partition coefficient (Wildman–Crippen LogP) is 4.26. The van der Waals surface area contributed by atoms with Crippen LogP contribution in [0.3, 0.4) is 0 Å². The second kappa shape index (κ2) is 9.77. The van der Waals surface area contributed by atoms with E-state index in [1.807, 2.05) is 0 Å². The first-order valence-electron chi connectivity index (χ1n) is 11.3. The first-order chi connectivity index (χ1) is 14.6. The van der Waals surface area contributed by atoms with Crippen molar-refractivity contribution in [3.05, 3.63) is 34.5 Å². The van der Waals surface area contributed by atoms with Crippen LogP contribution in [0.15, 0.2) is 29.6 Å².